The highest BCUT2D eigenvalue weighted by molar-refractivity contribution is 6.31. The molecule has 2 aromatic carbocycles. The number of halogens is 8. The van der Waals surface area contributed by atoms with Crippen LogP contribution < -0.4 is 5.32 Å². The van der Waals surface area contributed by atoms with Gasteiger partial charge in [0.15, 0.2) is 0 Å². The van der Waals surface area contributed by atoms with Crippen molar-refractivity contribution in [1.29, 1.82) is 0 Å². The summed E-state index contributed by atoms with van der Waals surface area (Å²) < 4.78 is 94.7. The van der Waals surface area contributed by atoms with E-state index < -0.39 is 46.6 Å². The number of alkyl halides is 6. The first-order chi connectivity index (χ1) is 12.4. The minimum absolute atomic E-state index is 0.334. The van der Waals surface area contributed by atoms with Crippen LogP contribution in [-0.4, -0.2) is 18.3 Å². The third-order valence-electron chi connectivity index (χ3n) is 3.85. The van der Waals surface area contributed by atoms with Crippen molar-refractivity contribution in [2.75, 3.05) is 5.32 Å². The molecule has 2 nitrogen and oxygen atoms in total. The van der Waals surface area contributed by atoms with Gasteiger partial charge in [-0.05, 0) is 23.8 Å². The predicted octanol–water partition coefficient (Wildman–Crippen LogP) is 5.77. The molecule has 0 aliphatic rings. The SMILES string of the molecule is O=C(Nc1ccc(F)c(Cl)c1)C(Cc1ccccc1)(C(F)(F)F)C(F)(F)F. The summed E-state index contributed by atoms with van der Waals surface area (Å²) in [5.41, 5.74) is -5.54. The van der Waals surface area contributed by atoms with Crippen LogP contribution in [0.2, 0.25) is 5.02 Å². The molecule has 146 valence electrons. The van der Waals surface area contributed by atoms with Crippen LogP contribution in [0.3, 0.4) is 0 Å². The first-order valence-electron chi connectivity index (χ1n) is 7.32. The van der Waals surface area contributed by atoms with E-state index in [1.165, 1.54) is 18.2 Å². The monoisotopic (exact) mass is 413 g/mol. The minimum Gasteiger partial charge on any atom is -0.325 e. The van der Waals surface area contributed by atoms with Crippen LogP contribution in [0.15, 0.2) is 48.5 Å². The predicted molar refractivity (Wildman–Crippen MR) is 84.7 cm³/mol. The Balaban J connectivity index is 2.53. The van der Waals surface area contributed by atoms with Crippen molar-refractivity contribution in [3.63, 3.8) is 0 Å². The van der Waals surface area contributed by atoms with Gasteiger partial charge in [-0.3, -0.25) is 4.79 Å². The Kier molecular flexibility index (Phi) is 5.74. The second-order valence-corrected chi connectivity index (χ2v) is 6.05. The zero-order chi connectivity index (χ0) is 20.5. The van der Waals surface area contributed by atoms with Gasteiger partial charge in [-0.15, -0.1) is 0 Å². The highest BCUT2D eigenvalue weighted by Crippen LogP contribution is 2.53. The summed E-state index contributed by atoms with van der Waals surface area (Å²) in [6, 6.07) is 8.25. The Morgan fingerprint density at radius 2 is 1.48 bits per heavy atom. The van der Waals surface area contributed by atoms with Gasteiger partial charge in [0, 0.05) is 12.1 Å². The molecule has 0 saturated carbocycles. The van der Waals surface area contributed by atoms with E-state index in [-0.39, 0.29) is 5.56 Å². The third-order valence-corrected chi connectivity index (χ3v) is 4.13. The fourth-order valence-corrected chi connectivity index (χ4v) is 2.59. The van der Waals surface area contributed by atoms with Crippen LogP contribution >= 0.6 is 11.6 Å². The molecule has 1 N–H and O–H groups in total. The molecule has 0 unspecified atom stereocenters. The topological polar surface area (TPSA) is 29.1 Å². The van der Waals surface area contributed by atoms with Crippen LogP contribution in [-0.2, 0) is 11.2 Å². The fraction of sp³-hybridized carbons (Fsp3) is 0.235. The van der Waals surface area contributed by atoms with E-state index in [1.807, 2.05) is 0 Å². The molecule has 0 spiro atoms. The summed E-state index contributed by atoms with van der Waals surface area (Å²) in [7, 11) is 0. The summed E-state index contributed by atoms with van der Waals surface area (Å²) in [5.74, 6) is -3.29. The van der Waals surface area contributed by atoms with Crippen molar-refractivity contribution in [3.8, 4) is 0 Å². The average Bonchev–Trinajstić information content (AvgIpc) is 2.54. The number of hydrogen-bond acceptors (Lipinski definition) is 1. The van der Waals surface area contributed by atoms with Gasteiger partial charge in [-0.2, -0.15) is 26.3 Å². The van der Waals surface area contributed by atoms with Gasteiger partial charge in [-0.25, -0.2) is 4.39 Å². The van der Waals surface area contributed by atoms with E-state index in [2.05, 4.69) is 0 Å². The van der Waals surface area contributed by atoms with Crippen LogP contribution in [0.5, 0.6) is 0 Å². The Bertz CT molecular complexity index is 804. The molecule has 0 atom stereocenters. The van der Waals surface area contributed by atoms with Crippen LogP contribution in [0.25, 0.3) is 0 Å². The van der Waals surface area contributed by atoms with Crippen molar-refractivity contribution in [1.82, 2.24) is 0 Å². The number of carbonyl (C=O) groups is 1. The number of benzene rings is 2. The van der Waals surface area contributed by atoms with Gasteiger partial charge in [0.25, 0.3) is 0 Å². The van der Waals surface area contributed by atoms with Crippen molar-refractivity contribution in [3.05, 3.63) is 64.9 Å². The molecule has 0 aliphatic carbocycles. The van der Waals surface area contributed by atoms with Crippen molar-refractivity contribution >= 4 is 23.2 Å². The minimum atomic E-state index is -5.95. The molecule has 0 radical (unpaired) electrons. The Labute approximate surface area is 153 Å². The lowest BCUT2D eigenvalue weighted by Crippen LogP contribution is -2.59. The Morgan fingerprint density at radius 1 is 0.926 bits per heavy atom. The maximum absolute atomic E-state index is 13.6. The van der Waals surface area contributed by atoms with Crippen molar-refractivity contribution in [2.45, 2.75) is 18.8 Å². The zero-order valence-corrected chi connectivity index (χ0v) is 14.0. The van der Waals surface area contributed by atoms with Crippen LogP contribution in [0.4, 0.5) is 36.4 Å². The van der Waals surface area contributed by atoms with E-state index in [0.29, 0.717) is 6.07 Å². The van der Waals surface area contributed by atoms with Gasteiger partial charge in [0.05, 0.1) is 5.02 Å². The highest BCUT2D eigenvalue weighted by atomic mass is 35.5. The molecule has 0 fully saturated rings. The van der Waals surface area contributed by atoms with E-state index >= 15 is 0 Å². The third kappa shape index (κ3) is 4.18. The standard InChI is InChI=1S/C17H11ClF7NO/c18-12-8-11(6-7-13(12)19)26-14(27)15(16(20,21)22,17(23,24)25)9-10-4-2-1-3-5-10/h1-8H,9H2,(H,26,27). The van der Waals surface area contributed by atoms with Crippen LogP contribution in [0, 0.1) is 11.2 Å². The van der Waals surface area contributed by atoms with Crippen molar-refractivity contribution in [2.24, 2.45) is 5.41 Å². The molecule has 27 heavy (non-hydrogen) atoms. The Hall–Kier alpha value is -2.29. The molecule has 0 heterocycles. The number of rotatable bonds is 4. The number of nitrogens with one attached hydrogen (secondary N) is 1. The summed E-state index contributed by atoms with van der Waals surface area (Å²) in [4.78, 5) is 12.2. The number of hydrogen-bond donors (Lipinski definition) is 1. The maximum atomic E-state index is 13.6. The maximum Gasteiger partial charge on any atom is 0.412 e. The Morgan fingerprint density at radius 3 is 1.96 bits per heavy atom. The summed E-state index contributed by atoms with van der Waals surface area (Å²) in [5, 5.41) is 0.985. The number of anilines is 1. The lowest BCUT2D eigenvalue weighted by atomic mass is 9.78. The second-order valence-electron chi connectivity index (χ2n) is 5.65. The quantitative estimate of drug-likeness (QED) is 0.633. The molecule has 2 rings (SSSR count). The molecular weight excluding hydrogens is 403 g/mol. The smallest absolute Gasteiger partial charge is 0.325 e. The average molecular weight is 414 g/mol. The second kappa shape index (κ2) is 7.38. The fourth-order valence-electron chi connectivity index (χ4n) is 2.41. The van der Waals surface area contributed by atoms with Gasteiger partial charge in [0.2, 0.25) is 11.3 Å². The molecule has 10 heteroatoms. The van der Waals surface area contributed by atoms with Crippen LogP contribution in [0.1, 0.15) is 5.56 Å². The molecule has 0 saturated heterocycles. The van der Waals surface area contributed by atoms with Gasteiger partial charge in [-0.1, -0.05) is 41.9 Å². The summed E-state index contributed by atoms with van der Waals surface area (Å²) >= 11 is 5.45. The largest absolute Gasteiger partial charge is 0.412 e. The highest BCUT2D eigenvalue weighted by Gasteiger charge is 2.75. The molecule has 2 aromatic rings. The van der Waals surface area contributed by atoms with E-state index in [4.69, 9.17) is 11.6 Å². The molecular formula is C17H11ClF7NO. The first-order valence-corrected chi connectivity index (χ1v) is 7.70. The number of carbonyl (C=O) groups excluding carboxylic acids is 1. The van der Waals surface area contributed by atoms with Gasteiger partial charge in [0.1, 0.15) is 5.82 Å². The molecule has 1 amide bonds. The molecule has 0 bridgehead atoms. The number of amides is 1. The van der Waals surface area contributed by atoms with E-state index in [1.54, 1.807) is 5.32 Å². The molecule has 0 aliphatic heterocycles. The van der Waals surface area contributed by atoms with Gasteiger partial charge >= 0.3 is 12.4 Å². The van der Waals surface area contributed by atoms with Crippen molar-refractivity contribution < 1.29 is 35.5 Å². The zero-order valence-electron chi connectivity index (χ0n) is 13.3. The summed E-state index contributed by atoms with van der Waals surface area (Å²) in [6.45, 7) is 0. The lowest BCUT2D eigenvalue weighted by Gasteiger charge is -2.36. The van der Waals surface area contributed by atoms with E-state index in [0.717, 1.165) is 24.3 Å². The van der Waals surface area contributed by atoms with E-state index in [9.17, 15) is 35.5 Å². The lowest BCUT2D eigenvalue weighted by molar-refractivity contribution is -0.323. The normalized spacial score (nSPS) is 12.7. The van der Waals surface area contributed by atoms with Gasteiger partial charge < -0.3 is 5.32 Å². The summed E-state index contributed by atoms with van der Waals surface area (Å²) in [6.07, 6.45) is -13.6. The first kappa shape index (κ1) is 21.0. The molecule has 0 aromatic heterocycles.